The molecule has 8 heteroatoms. The minimum absolute atomic E-state index is 0.0476. The van der Waals surface area contributed by atoms with Gasteiger partial charge in [-0.2, -0.15) is 0 Å². The van der Waals surface area contributed by atoms with Gasteiger partial charge in [-0.25, -0.2) is 4.98 Å². The first-order valence-corrected chi connectivity index (χ1v) is 13.6. The van der Waals surface area contributed by atoms with Gasteiger partial charge in [0, 0.05) is 16.5 Å². The molecule has 6 nitrogen and oxygen atoms in total. The Balaban J connectivity index is 1.54. The lowest BCUT2D eigenvalue weighted by atomic mass is 9.94. The van der Waals surface area contributed by atoms with E-state index >= 15 is 0 Å². The number of hydrogen-bond donors (Lipinski definition) is 1. The lowest BCUT2D eigenvalue weighted by Gasteiger charge is -2.23. The Morgan fingerprint density at radius 2 is 1.86 bits per heavy atom. The molecular weight excluding hydrogens is 552 g/mol. The van der Waals surface area contributed by atoms with Gasteiger partial charge >= 0.3 is 5.91 Å². The number of thiazole rings is 1. The zero-order valence-electron chi connectivity index (χ0n) is 20.4. The molecule has 1 saturated heterocycles. The van der Waals surface area contributed by atoms with E-state index in [1.165, 1.54) is 16.2 Å². The van der Waals surface area contributed by atoms with Crippen LogP contribution in [0, 0.1) is 13.8 Å². The maximum atomic E-state index is 13.5. The molecule has 0 saturated carbocycles. The Labute approximate surface area is 226 Å². The second-order valence-corrected chi connectivity index (χ2v) is 11.5. The summed E-state index contributed by atoms with van der Waals surface area (Å²) in [4.78, 5) is 33.2. The Bertz CT molecular complexity index is 1640. The normalized spacial score (nSPS) is 20.5. The Kier molecular flexibility index (Phi) is 5.69. The van der Waals surface area contributed by atoms with Crippen LogP contribution in [0.4, 0.5) is 5.13 Å². The summed E-state index contributed by atoms with van der Waals surface area (Å²) in [6.45, 7) is 5.99. The number of aryl methyl sites for hydroxylation is 2. The van der Waals surface area contributed by atoms with E-state index in [0.29, 0.717) is 22.7 Å². The molecule has 2 aliphatic heterocycles. The molecule has 0 bridgehead atoms. The van der Waals surface area contributed by atoms with Crippen LogP contribution in [0.5, 0.6) is 5.75 Å². The van der Waals surface area contributed by atoms with E-state index < -0.39 is 17.7 Å². The molecular formula is C29H23BrN2O4S. The standard InChI is InChI=1S/C29H23BrN2O4S/c1-14-10-15(2)24-22(11-14)37-29(31-24)32-25(17-4-7-20(30)8-5-17)23(27(34)28(32)35)26(33)18-6-9-21-19(13-18)12-16(3)36-21/h4-11,13,16,25,33H,12H2,1-3H3/b26-23+/t16-,25+/m0/s1. The number of Topliss-reactive ketones (excluding diaryl/α,β-unsaturated/α-hetero) is 1. The predicted octanol–water partition coefficient (Wildman–Crippen LogP) is 6.63. The number of aliphatic hydroxyl groups excluding tert-OH is 1. The fraction of sp³-hybridized carbons (Fsp3) is 0.207. The largest absolute Gasteiger partial charge is 0.507 e. The topological polar surface area (TPSA) is 79.7 Å². The minimum Gasteiger partial charge on any atom is -0.507 e. The van der Waals surface area contributed by atoms with Crippen molar-refractivity contribution in [1.82, 2.24) is 4.98 Å². The van der Waals surface area contributed by atoms with E-state index in [1.54, 1.807) is 12.1 Å². The summed E-state index contributed by atoms with van der Waals surface area (Å²) in [6.07, 6.45) is 0.762. The van der Waals surface area contributed by atoms with Crippen LogP contribution in [0.25, 0.3) is 16.0 Å². The van der Waals surface area contributed by atoms with Crippen LogP contribution in [-0.2, 0) is 16.0 Å². The highest BCUT2D eigenvalue weighted by Crippen LogP contribution is 2.45. The number of fused-ring (bicyclic) bond motifs is 2. The number of amides is 1. The Hall–Kier alpha value is -3.49. The van der Waals surface area contributed by atoms with E-state index in [9.17, 15) is 14.7 Å². The molecule has 3 heterocycles. The zero-order chi connectivity index (χ0) is 26.0. The summed E-state index contributed by atoms with van der Waals surface area (Å²) in [7, 11) is 0. The van der Waals surface area contributed by atoms with Crippen LogP contribution in [0.1, 0.15) is 40.8 Å². The molecule has 2 atom stereocenters. The average Bonchev–Trinajstić information content (AvgIpc) is 3.52. The minimum atomic E-state index is -0.821. The van der Waals surface area contributed by atoms with E-state index in [-0.39, 0.29) is 17.4 Å². The van der Waals surface area contributed by atoms with Gasteiger partial charge in [-0.3, -0.25) is 14.5 Å². The van der Waals surface area contributed by atoms with E-state index in [2.05, 4.69) is 15.9 Å². The number of hydrogen-bond acceptors (Lipinski definition) is 6. The fourth-order valence-corrected chi connectivity index (χ4v) is 6.61. The van der Waals surface area contributed by atoms with Crippen LogP contribution >= 0.6 is 27.3 Å². The van der Waals surface area contributed by atoms with Crippen molar-refractivity contribution in [2.24, 2.45) is 0 Å². The third-order valence-corrected chi connectivity index (χ3v) is 8.35. The molecule has 3 aromatic carbocycles. The highest BCUT2D eigenvalue weighted by Gasteiger charge is 2.48. The van der Waals surface area contributed by atoms with E-state index in [4.69, 9.17) is 9.72 Å². The molecule has 186 valence electrons. The second kappa shape index (κ2) is 8.82. The van der Waals surface area contributed by atoms with Crippen LogP contribution in [-0.4, -0.2) is 27.9 Å². The number of benzene rings is 3. The molecule has 1 amide bonds. The monoisotopic (exact) mass is 574 g/mol. The van der Waals surface area contributed by atoms with Gasteiger partial charge < -0.3 is 9.84 Å². The number of nitrogens with zero attached hydrogens (tertiary/aromatic N) is 2. The first-order chi connectivity index (χ1) is 17.7. The molecule has 4 aromatic rings. The van der Waals surface area contributed by atoms with Gasteiger partial charge in [0.1, 0.15) is 17.6 Å². The molecule has 0 aliphatic carbocycles. The second-order valence-electron chi connectivity index (χ2n) is 9.60. The summed E-state index contributed by atoms with van der Waals surface area (Å²) in [5.74, 6) is -0.873. The van der Waals surface area contributed by atoms with Crippen LogP contribution < -0.4 is 9.64 Å². The van der Waals surface area contributed by atoms with Gasteiger partial charge in [-0.05, 0) is 79.4 Å². The van der Waals surface area contributed by atoms with Crippen molar-refractivity contribution in [2.45, 2.75) is 39.3 Å². The molecule has 37 heavy (non-hydrogen) atoms. The van der Waals surface area contributed by atoms with Gasteiger partial charge in [0.05, 0.1) is 21.8 Å². The summed E-state index contributed by atoms with van der Waals surface area (Å²) < 4.78 is 7.60. The molecule has 1 fully saturated rings. The Morgan fingerprint density at radius 3 is 2.62 bits per heavy atom. The van der Waals surface area contributed by atoms with Crippen molar-refractivity contribution < 1.29 is 19.4 Å². The van der Waals surface area contributed by atoms with Gasteiger partial charge in [-0.1, -0.05) is 45.5 Å². The number of ketones is 1. The maximum Gasteiger partial charge on any atom is 0.301 e. The van der Waals surface area contributed by atoms with E-state index in [1.807, 2.05) is 63.2 Å². The van der Waals surface area contributed by atoms with Crippen molar-refractivity contribution in [3.05, 3.63) is 92.5 Å². The lowest BCUT2D eigenvalue weighted by molar-refractivity contribution is -0.132. The van der Waals surface area contributed by atoms with Crippen molar-refractivity contribution >= 4 is 60.1 Å². The van der Waals surface area contributed by atoms with Crippen LogP contribution in [0.15, 0.2) is 64.6 Å². The smallest absolute Gasteiger partial charge is 0.301 e. The highest BCUT2D eigenvalue weighted by atomic mass is 79.9. The number of anilines is 1. The first-order valence-electron chi connectivity index (χ1n) is 12.0. The van der Waals surface area contributed by atoms with E-state index in [0.717, 1.165) is 37.1 Å². The van der Waals surface area contributed by atoms with Crippen LogP contribution in [0.2, 0.25) is 0 Å². The number of aliphatic hydroxyl groups is 1. The fourth-order valence-electron chi connectivity index (χ4n) is 5.18. The molecule has 6 rings (SSSR count). The summed E-state index contributed by atoms with van der Waals surface area (Å²) >= 11 is 4.83. The van der Waals surface area contributed by atoms with Gasteiger partial charge in [-0.15, -0.1) is 0 Å². The highest BCUT2D eigenvalue weighted by molar-refractivity contribution is 9.10. The van der Waals surface area contributed by atoms with Gasteiger partial charge in [0.25, 0.3) is 5.78 Å². The summed E-state index contributed by atoms with van der Waals surface area (Å²) in [5, 5.41) is 11.9. The number of rotatable bonds is 3. The molecule has 1 aromatic heterocycles. The first kappa shape index (κ1) is 23.9. The maximum absolute atomic E-state index is 13.5. The number of carbonyl (C=O) groups excluding carboxylic acids is 2. The average molecular weight is 575 g/mol. The molecule has 0 unspecified atom stereocenters. The van der Waals surface area contributed by atoms with Crippen molar-refractivity contribution in [3.8, 4) is 5.75 Å². The number of aromatic nitrogens is 1. The zero-order valence-corrected chi connectivity index (χ0v) is 22.8. The lowest BCUT2D eigenvalue weighted by Crippen LogP contribution is -2.29. The van der Waals surface area contributed by atoms with Crippen molar-refractivity contribution in [1.29, 1.82) is 0 Å². The third-order valence-electron chi connectivity index (χ3n) is 6.82. The van der Waals surface area contributed by atoms with Crippen molar-refractivity contribution in [3.63, 3.8) is 0 Å². The number of ether oxygens (including phenoxy) is 1. The van der Waals surface area contributed by atoms with Gasteiger partial charge in [0.15, 0.2) is 5.13 Å². The van der Waals surface area contributed by atoms with Crippen molar-refractivity contribution in [2.75, 3.05) is 4.90 Å². The Morgan fingerprint density at radius 1 is 1.11 bits per heavy atom. The SMILES string of the molecule is Cc1cc(C)c2nc(N3C(=O)C(=O)/C(=C(/O)c4ccc5c(c4)C[C@H](C)O5)[C@H]3c3ccc(Br)cc3)sc2c1. The predicted molar refractivity (Wildman–Crippen MR) is 148 cm³/mol. The quantitative estimate of drug-likeness (QED) is 0.169. The summed E-state index contributed by atoms with van der Waals surface area (Å²) in [6, 6.07) is 16.0. The number of carbonyl (C=O) groups is 2. The molecule has 1 N–H and O–H groups in total. The van der Waals surface area contributed by atoms with Crippen LogP contribution in [0.3, 0.4) is 0 Å². The summed E-state index contributed by atoms with van der Waals surface area (Å²) in [5.41, 5.74) is 5.09. The molecule has 2 aliphatic rings. The third kappa shape index (κ3) is 3.95. The van der Waals surface area contributed by atoms with Gasteiger partial charge in [0.2, 0.25) is 0 Å². The molecule has 0 spiro atoms. The number of halogens is 1. The molecule has 0 radical (unpaired) electrons.